The van der Waals surface area contributed by atoms with Gasteiger partial charge in [0, 0.05) is 0 Å². The molecule has 8 heterocycles. The first-order chi connectivity index (χ1) is 64.7. The predicted octanol–water partition coefficient (Wildman–Crippen LogP) is -4.78. The average Bonchev–Trinajstić information content (AvgIpc) is 0.668. The summed E-state index contributed by atoms with van der Waals surface area (Å²) in [5.41, 5.74) is -7.72. The maximum Gasteiger partial charge on any atom is 0.336 e. The molecule has 4 unspecified atom stereocenters. The highest BCUT2D eigenvalue weighted by molar-refractivity contribution is 5.90. The third-order valence-electron chi connectivity index (χ3n) is 32.5. The highest BCUT2D eigenvalue weighted by Crippen LogP contribution is 2.76. The Hall–Kier alpha value is -4.41. The minimum absolute atomic E-state index is 0.000285. The molecule has 788 valence electrons. The number of allylic oxidation sites excluding steroid dienone is 4. The zero-order valence-corrected chi connectivity index (χ0v) is 79.7. The minimum atomic E-state index is -2.31. The Labute approximate surface area is 799 Å². The summed E-state index contributed by atoms with van der Waals surface area (Å²) in [4.78, 5) is 45.1. The van der Waals surface area contributed by atoms with Gasteiger partial charge >= 0.3 is 17.9 Å². The Morgan fingerprint density at radius 3 is 1.48 bits per heavy atom. The van der Waals surface area contributed by atoms with Gasteiger partial charge in [-0.3, -0.25) is 4.79 Å². The topological polar surface area (TPSA) is 683 Å². The fourth-order valence-electron chi connectivity index (χ4n) is 23.5. The number of aliphatic hydroxyl groups is 23. The first-order valence-corrected chi connectivity index (χ1v) is 47.9. The van der Waals surface area contributed by atoms with Gasteiger partial charge in [0.1, 0.15) is 146 Å². The molecule has 138 heavy (non-hydrogen) atoms. The zero-order valence-electron chi connectivity index (χ0n) is 79.7. The molecule has 13 aliphatic rings. The van der Waals surface area contributed by atoms with Crippen molar-refractivity contribution < 1.29 is 217 Å². The van der Waals surface area contributed by atoms with E-state index in [4.69, 9.17) is 85.3 Å². The summed E-state index contributed by atoms with van der Waals surface area (Å²) in [7, 11) is 0. The number of carbonyl (C=O) groups is 3. The Morgan fingerprint density at radius 1 is 0.442 bits per heavy atom. The Balaban J connectivity index is 0.770. The molecule has 0 aromatic rings. The second kappa shape index (κ2) is 43.9. The summed E-state index contributed by atoms with van der Waals surface area (Å²) in [6, 6.07) is 0. The minimum Gasteiger partial charge on any atom is -0.452 e. The molecule has 5 aliphatic carbocycles. The maximum atomic E-state index is 16.6. The summed E-state index contributed by atoms with van der Waals surface area (Å²) in [6.45, 7) is 22.2. The summed E-state index contributed by atoms with van der Waals surface area (Å²) >= 11 is 0. The van der Waals surface area contributed by atoms with Crippen molar-refractivity contribution in [3.63, 3.8) is 0 Å². The maximum absolute atomic E-state index is 16.6. The van der Waals surface area contributed by atoms with E-state index in [-0.39, 0.29) is 55.9 Å². The van der Waals surface area contributed by atoms with E-state index in [0.29, 0.717) is 44.9 Å². The summed E-state index contributed by atoms with van der Waals surface area (Å²) in [5, 5.41) is 259. The van der Waals surface area contributed by atoms with E-state index >= 15 is 4.79 Å². The van der Waals surface area contributed by atoms with Gasteiger partial charge < -0.3 is 203 Å². The monoisotopic (exact) mass is 1980 g/mol. The normalized spacial score (nSPS) is 48.0. The van der Waals surface area contributed by atoms with Crippen LogP contribution in [0.15, 0.2) is 60.3 Å². The molecular weight excluding hydrogens is 1830 g/mol. The smallest absolute Gasteiger partial charge is 0.336 e. The van der Waals surface area contributed by atoms with Crippen molar-refractivity contribution in [2.75, 3.05) is 52.9 Å². The number of hydrogen-bond acceptors (Lipinski definition) is 44. The molecular formula is C94H148O44. The van der Waals surface area contributed by atoms with Gasteiger partial charge in [-0.05, 0) is 156 Å². The molecule has 0 aromatic heterocycles. The lowest BCUT2D eigenvalue weighted by atomic mass is 9.33. The van der Waals surface area contributed by atoms with Gasteiger partial charge in [-0.2, -0.15) is 0 Å². The average molecular weight is 1980 g/mol. The number of esters is 3. The van der Waals surface area contributed by atoms with E-state index in [2.05, 4.69) is 53.9 Å². The highest BCUT2D eigenvalue weighted by Gasteiger charge is 2.73. The van der Waals surface area contributed by atoms with Crippen LogP contribution in [0, 0.1) is 50.2 Å². The number of hydrogen-bond donors (Lipinski definition) is 23. The van der Waals surface area contributed by atoms with Crippen molar-refractivity contribution in [1.29, 1.82) is 0 Å². The van der Waals surface area contributed by atoms with Crippen LogP contribution in [0.5, 0.6) is 0 Å². The molecule has 0 amide bonds. The SMILES string of the molecule is C=CC(C)(O)CC/C=C(\CO)C(=O)O[C@H]1[C@@H](OC[C@@H]2O[C@@H](OC(=O)[C@]34CCC(C)(C)C[C@H]3C3=CC[C@@H]5[C@@]6(C)CC[C@H](O[C@@H]7O[C@@H](CO[C@@H]8OC[C@H](O)[C@H](O)[C@@H]8O[C@@H]8OC[C@@H](O)[C@H](O)[C@@H]8O)[C@@H](O)[C@H](O)[C@@H]7O)C(C)(C)[C@@H]6CC[C@@]5(C)[C@]3(C)C[C@H]4O)C(O[C@@H]3O[C@@H](C)[C@H](O[C@@H]4OC[C@@H](O)[C@H](O[C@@H]5OC[C@@H](O)[C@H](O)C5O)[C@@H]4O)[C@H](O)[C@H]3O)[C@@H](O)[C@@H]2O)O[C@@H](C)[C@H](O)[C@@H]1OC(=O)/C(=C/CCC(C)(O)C=C)CO. The van der Waals surface area contributed by atoms with Crippen LogP contribution in [0.2, 0.25) is 0 Å². The van der Waals surface area contributed by atoms with Gasteiger partial charge in [-0.15, -0.1) is 13.2 Å². The number of fused-ring (bicyclic) bond motifs is 7. The van der Waals surface area contributed by atoms with Crippen molar-refractivity contribution in [2.45, 2.75) is 404 Å². The number of carbonyl (C=O) groups excluding carboxylic acids is 3. The van der Waals surface area contributed by atoms with Crippen molar-refractivity contribution in [2.24, 2.45) is 50.2 Å². The van der Waals surface area contributed by atoms with E-state index < -0.39 is 359 Å². The van der Waals surface area contributed by atoms with Crippen LogP contribution in [-0.2, 0) is 99.6 Å². The largest absolute Gasteiger partial charge is 0.452 e. The van der Waals surface area contributed by atoms with Gasteiger partial charge in [0.25, 0.3) is 0 Å². The van der Waals surface area contributed by atoms with E-state index in [0.717, 1.165) is 5.57 Å². The van der Waals surface area contributed by atoms with Crippen LogP contribution in [0.4, 0.5) is 0 Å². The van der Waals surface area contributed by atoms with Gasteiger partial charge in [0.15, 0.2) is 62.3 Å². The Morgan fingerprint density at radius 2 is 0.906 bits per heavy atom. The fourth-order valence-corrected chi connectivity index (χ4v) is 23.5. The molecule has 4 saturated carbocycles. The predicted molar refractivity (Wildman–Crippen MR) is 466 cm³/mol. The van der Waals surface area contributed by atoms with Crippen molar-refractivity contribution in [3.05, 3.63) is 60.3 Å². The molecule has 8 saturated heterocycles. The third kappa shape index (κ3) is 22.1. The van der Waals surface area contributed by atoms with E-state index in [9.17, 15) is 127 Å². The van der Waals surface area contributed by atoms with Crippen LogP contribution in [0.25, 0.3) is 0 Å². The molecule has 0 aromatic carbocycles. The lowest BCUT2D eigenvalue weighted by Gasteiger charge is -2.71. The van der Waals surface area contributed by atoms with Gasteiger partial charge in [-0.25, -0.2) is 9.59 Å². The Kier molecular flexibility index (Phi) is 35.3. The van der Waals surface area contributed by atoms with E-state index in [1.807, 2.05) is 13.8 Å². The number of aliphatic hydroxyl groups excluding tert-OH is 21. The summed E-state index contributed by atoms with van der Waals surface area (Å²) in [6.07, 6.45) is -56.4. The van der Waals surface area contributed by atoms with Crippen LogP contribution in [0.1, 0.15) is 160 Å². The van der Waals surface area contributed by atoms with Crippen molar-refractivity contribution in [1.82, 2.24) is 0 Å². The third-order valence-corrected chi connectivity index (χ3v) is 32.5. The standard InChI is InChI=1S/C94H148O44/c1-14-89(9,119)24-16-18-42(32-95)76(116)132-72-56(102)40(3)127-84(75(72)133-77(117)43(33-96)19-17-25-90(10,120)15-2)126-39-51-61(107)63(109)74(137-81-68(114)64(110)70(41(4)128-81)134-80-69(115)71(49(100)37-123-80)135-78-65(111)57(103)46(97)34-121-78)85(130-51)138-86(118)94-29-28-87(5,6)30-45(94)44-20-21-53-91(11)26-23-55(88(7,8)52(91)22-27-92(53,12)93(44,13)31-54(94)101)131-82-67(113)62(108)60(106)50(129-82)38-125-83-73(59(105)48(99)36-124-83)136-79-66(112)58(104)47(98)35-122-79/h14-15,18-20,40-41,45-75,78-85,95-115,119-120H,1-2,16-17,21-39H2,3-13H3/b42-18+,43-19+/t40-,41-,45-,46+,47+,48-,49+,50-,51-,52-,53+,54+,55-,56-,57-,58-,59-,60+,61+,62-,63-,64+,65?,66-,67-,68+,69-,70-,71-,72-,73-,74?,75+,78-,79-,80-,81-,82-,83-,84-,85-,89?,90?,91-,92+,93+,94+/m0/s1. The van der Waals surface area contributed by atoms with Crippen LogP contribution < -0.4 is 0 Å². The van der Waals surface area contributed by atoms with Crippen molar-refractivity contribution in [3.8, 4) is 0 Å². The molecule has 0 radical (unpaired) electrons. The molecule has 23 N–H and O–H groups in total. The van der Waals surface area contributed by atoms with Gasteiger partial charge in [0.2, 0.25) is 6.29 Å². The van der Waals surface area contributed by atoms with E-state index in [1.54, 1.807) is 0 Å². The quantitative estimate of drug-likeness (QED) is 0.00988. The molecule has 12 fully saturated rings. The van der Waals surface area contributed by atoms with E-state index in [1.165, 1.54) is 52.0 Å². The first kappa shape index (κ1) is 111. The van der Waals surface area contributed by atoms with Gasteiger partial charge in [-0.1, -0.05) is 84.4 Å². The second-order valence-corrected chi connectivity index (χ2v) is 42.6. The molecule has 0 bridgehead atoms. The van der Waals surface area contributed by atoms with Crippen molar-refractivity contribution >= 4 is 17.9 Å². The number of ether oxygens (including phenoxy) is 18. The summed E-state index contributed by atoms with van der Waals surface area (Å²) < 4.78 is 109. The van der Waals surface area contributed by atoms with Crippen LogP contribution >= 0.6 is 0 Å². The Bertz CT molecular complexity index is 4210. The molecule has 13 rings (SSSR count). The molecule has 47 atom stereocenters. The zero-order chi connectivity index (χ0) is 101. The highest BCUT2D eigenvalue weighted by atomic mass is 16.8. The first-order valence-electron chi connectivity index (χ1n) is 47.9. The molecule has 0 spiro atoms. The molecule has 8 aliphatic heterocycles. The van der Waals surface area contributed by atoms with Crippen LogP contribution in [-0.4, -0.2) is 433 Å². The fraction of sp³-hybridized carbons (Fsp3) is 0.862. The lowest BCUT2D eigenvalue weighted by Crippen LogP contribution is -2.69. The van der Waals surface area contributed by atoms with Crippen LogP contribution in [0.3, 0.4) is 0 Å². The number of rotatable bonds is 32. The summed E-state index contributed by atoms with van der Waals surface area (Å²) in [5.74, 6) is -4.58. The lowest BCUT2D eigenvalue weighted by molar-refractivity contribution is -0.381. The van der Waals surface area contributed by atoms with Gasteiger partial charge in [0.05, 0.1) is 99.6 Å². The second-order valence-electron chi connectivity index (χ2n) is 42.6. The molecule has 44 heteroatoms. The molecule has 44 nitrogen and oxygen atoms in total.